The molecular formula is C22H23FN2O2. The van der Waals surface area contributed by atoms with Crippen LogP contribution >= 0.6 is 0 Å². The van der Waals surface area contributed by atoms with Crippen molar-refractivity contribution in [3.63, 3.8) is 0 Å². The van der Waals surface area contributed by atoms with Crippen LogP contribution in [-0.2, 0) is 11.2 Å². The van der Waals surface area contributed by atoms with E-state index in [9.17, 15) is 9.18 Å². The maximum absolute atomic E-state index is 14.3. The van der Waals surface area contributed by atoms with Crippen LogP contribution in [0.3, 0.4) is 0 Å². The third-order valence-electron chi connectivity index (χ3n) is 5.40. The van der Waals surface area contributed by atoms with E-state index in [-0.39, 0.29) is 17.6 Å². The van der Waals surface area contributed by atoms with Gasteiger partial charge in [-0.1, -0.05) is 30.3 Å². The molecule has 4 nitrogen and oxygen atoms in total. The standard InChI is InChI=1S/C22H23FN2O2/c23-21-4-2-1-3-19(21)20(14-24)18-8-5-15-13-16(6-7-17(15)18)22(26)25-9-11-27-12-10-25/h1-4,6-8,13,20H,5,9-12,14,24H2. The van der Waals surface area contributed by atoms with Crippen molar-refractivity contribution in [1.29, 1.82) is 0 Å². The molecular weight excluding hydrogens is 343 g/mol. The smallest absolute Gasteiger partial charge is 0.254 e. The molecule has 4 rings (SSSR count). The van der Waals surface area contributed by atoms with Gasteiger partial charge in [0, 0.05) is 31.1 Å². The Labute approximate surface area is 158 Å². The van der Waals surface area contributed by atoms with E-state index in [1.165, 1.54) is 6.07 Å². The van der Waals surface area contributed by atoms with E-state index in [2.05, 4.69) is 6.08 Å². The Kier molecular flexibility index (Phi) is 5.05. The van der Waals surface area contributed by atoms with Crippen molar-refractivity contribution >= 4 is 11.5 Å². The minimum Gasteiger partial charge on any atom is -0.378 e. The number of hydrogen-bond acceptors (Lipinski definition) is 3. The zero-order chi connectivity index (χ0) is 18.8. The van der Waals surface area contributed by atoms with Gasteiger partial charge in [0.15, 0.2) is 0 Å². The lowest BCUT2D eigenvalue weighted by Gasteiger charge is -2.27. The molecule has 1 unspecified atom stereocenters. The van der Waals surface area contributed by atoms with Crippen LogP contribution in [0.4, 0.5) is 4.39 Å². The number of carbonyl (C=O) groups is 1. The Morgan fingerprint density at radius 2 is 1.96 bits per heavy atom. The number of benzene rings is 2. The second kappa shape index (κ2) is 7.62. The lowest BCUT2D eigenvalue weighted by Crippen LogP contribution is -2.40. The van der Waals surface area contributed by atoms with Crippen molar-refractivity contribution in [3.05, 3.63) is 76.6 Å². The van der Waals surface area contributed by atoms with Crippen molar-refractivity contribution in [2.75, 3.05) is 32.8 Å². The summed E-state index contributed by atoms with van der Waals surface area (Å²) in [5.74, 6) is -0.381. The summed E-state index contributed by atoms with van der Waals surface area (Å²) in [6.45, 7) is 2.76. The van der Waals surface area contributed by atoms with Gasteiger partial charge >= 0.3 is 0 Å². The highest BCUT2D eigenvalue weighted by molar-refractivity contribution is 5.95. The quantitative estimate of drug-likeness (QED) is 0.905. The SMILES string of the molecule is NCC(C1=CCc2cc(C(=O)N3CCOCC3)ccc21)c1ccccc1F. The molecule has 1 saturated heterocycles. The number of nitrogens with two attached hydrogens (primary N) is 1. The third kappa shape index (κ3) is 3.40. The Morgan fingerprint density at radius 1 is 1.19 bits per heavy atom. The summed E-state index contributed by atoms with van der Waals surface area (Å²) in [6.07, 6.45) is 2.84. The molecule has 1 heterocycles. The van der Waals surface area contributed by atoms with E-state index < -0.39 is 0 Å². The maximum atomic E-state index is 14.3. The van der Waals surface area contributed by atoms with Crippen LogP contribution < -0.4 is 5.73 Å². The Balaban J connectivity index is 1.60. The fraction of sp³-hybridized carbons (Fsp3) is 0.318. The van der Waals surface area contributed by atoms with Crippen LogP contribution in [0.15, 0.2) is 48.5 Å². The first-order valence-electron chi connectivity index (χ1n) is 9.34. The van der Waals surface area contributed by atoms with Crippen molar-refractivity contribution in [2.45, 2.75) is 12.3 Å². The van der Waals surface area contributed by atoms with Crippen molar-refractivity contribution in [1.82, 2.24) is 4.90 Å². The number of nitrogens with zero attached hydrogens (tertiary/aromatic N) is 1. The Morgan fingerprint density at radius 3 is 2.70 bits per heavy atom. The van der Waals surface area contributed by atoms with E-state index in [1.54, 1.807) is 12.1 Å². The largest absolute Gasteiger partial charge is 0.378 e. The van der Waals surface area contributed by atoms with Gasteiger partial charge in [-0.15, -0.1) is 0 Å². The molecule has 2 aromatic rings. The van der Waals surface area contributed by atoms with Gasteiger partial charge in [0.05, 0.1) is 13.2 Å². The summed E-state index contributed by atoms with van der Waals surface area (Å²) in [6, 6.07) is 12.6. The summed E-state index contributed by atoms with van der Waals surface area (Å²) in [5, 5.41) is 0. The Bertz CT molecular complexity index is 888. The number of allylic oxidation sites excluding steroid dienone is 1. The van der Waals surface area contributed by atoms with Crippen molar-refractivity contribution in [3.8, 4) is 0 Å². The molecule has 1 aliphatic heterocycles. The number of ether oxygens (including phenoxy) is 1. The molecule has 5 heteroatoms. The molecule has 2 aliphatic rings. The first-order chi connectivity index (χ1) is 13.2. The third-order valence-corrected chi connectivity index (χ3v) is 5.40. The normalized spacial score (nSPS) is 17.4. The zero-order valence-corrected chi connectivity index (χ0v) is 15.2. The molecule has 1 amide bonds. The number of morpholine rings is 1. The summed E-state index contributed by atoms with van der Waals surface area (Å²) >= 11 is 0. The first kappa shape index (κ1) is 17.9. The molecule has 1 fully saturated rings. The monoisotopic (exact) mass is 366 g/mol. The molecule has 27 heavy (non-hydrogen) atoms. The topological polar surface area (TPSA) is 55.6 Å². The van der Waals surface area contributed by atoms with Gasteiger partial charge in [0.1, 0.15) is 5.82 Å². The van der Waals surface area contributed by atoms with Gasteiger partial charge in [-0.25, -0.2) is 4.39 Å². The highest BCUT2D eigenvalue weighted by Gasteiger charge is 2.26. The van der Waals surface area contributed by atoms with E-state index >= 15 is 0 Å². The summed E-state index contributed by atoms with van der Waals surface area (Å²) in [7, 11) is 0. The lowest BCUT2D eigenvalue weighted by molar-refractivity contribution is 0.0303. The van der Waals surface area contributed by atoms with E-state index in [4.69, 9.17) is 10.5 Å². The van der Waals surface area contributed by atoms with Crippen LogP contribution in [0.25, 0.3) is 5.57 Å². The zero-order valence-electron chi connectivity index (χ0n) is 15.2. The average molecular weight is 366 g/mol. The number of amides is 1. The van der Waals surface area contributed by atoms with Gasteiger partial charge in [-0.2, -0.15) is 0 Å². The minimum atomic E-state index is -0.235. The molecule has 1 atom stereocenters. The molecule has 2 aromatic carbocycles. The minimum absolute atomic E-state index is 0.0408. The molecule has 0 radical (unpaired) electrons. The highest BCUT2D eigenvalue weighted by Crippen LogP contribution is 2.39. The van der Waals surface area contributed by atoms with Gasteiger partial charge in [-0.3, -0.25) is 4.79 Å². The van der Waals surface area contributed by atoms with Crippen LogP contribution in [0.1, 0.15) is 33.0 Å². The second-order valence-corrected chi connectivity index (χ2v) is 6.95. The molecule has 0 spiro atoms. The molecule has 1 aliphatic carbocycles. The molecule has 2 N–H and O–H groups in total. The molecule has 0 saturated carbocycles. The predicted octanol–water partition coefficient (Wildman–Crippen LogP) is 2.98. The number of hydrogen-bond donors (Lipinski definition) is 1. The molecule has 0 bridgehead atoms. The summed E-state index contributed by atoms with van der Waals surface area (Å²) in [4.78, 5) is 14.6. The van der Waals surface area contributed by atoms with E-state index in [0.717, 1.165) is 23.1 Å². The Hall–Kier alpha value is -2.50. The van der Waals surface area contributed by atoms with Crippen molar-refractivity contribution < 1.29 is 13.9 Å². The lowest BCUT2D eigenvalue weighted by atomic mass is 9.87. The van der Waals surface area contributed by atoms with Gasteiger partial charge < -0.3 is 15.4 Å². The van der Waals surface area contributed by atoms with E-state index in [0.29, 0.717) is 44.0 Å². The highest BCUT2D eigenvalue weighted by atomic mass is 19.1. The predicted molar refractivity (Wildman–Crippen MR) is 103 cm³/mol. The second-order valence-electron chi connectivity index (χ2n) is 6.95. The van der Waals surface area contributed by atoms with Crippen molar-refractivity contribution in [2.24, 2.45) is 5.73 Å². The molecule has 140 valence electrons. The summed E-state index contributed by atoms with van der Waals surface area (Å²) < 4.78 is 19.6. The number of fused-ring (bicyclic) bond motifs is 1. The fourth-order valence-corrected chi connectivity index (χ4v) is 3.97. The average Bonchev–Trinajstić information content (AvgIpc) is 3.13. The van der Waals surface area contributed by atoms with Gasteiger partial charge in [0.25, 0.3) is 5.91 Å². The van der Waals surface area contributed by atoms with Crippen LogP contribution in [0.2, 0.25) is 0 Å². The first-order valence-corrected chi connectivity index (χ1v) is 9.34. The number of halogens is 1. The maximum Gasteiger partial charge on any atom is 0.254 e. The van der Waals surface area contributed by atoms with Gasteiger partial charge in [0.2, 0.25) is 0 Å². The van der Waals surface area contributed by atoms with E-state index in [1.807, 2.05) is 29.2 Å². The van der Waals surface area contributed by atoms with Crippen LogP contribution in [0, 0.1) is 5.82 Å². The summed E-state index contributed by atoms with van der Waals surface area (Å²) in [5.41, 5.74) is 10.5. The number of rotatable bonds is 4. The number of carbonyl (C=O) groups excluding carboxylic acids is 1. The van der Waals surface area contributed by atoms with Crippen LogP contribution in [-0.4, -0.2) is 43.7 Å². The molecule has 0 aromatic heterocycles. The van der Waals surface area contributed by atoms with Crippen LogP contribution in [0.5, 0.6) is 0 Å². The van der Waals surface area contributed by atoms with Gasteiger partial charge in [-0.05, 0) is 46.9 Å². The fourth-order valence-electron chi connectivity index (χ4n) is 3.97.